The van der Waals surface area contributed by atoms with Gasteiger partial charge in [-0.15, -0.1) is 16.4 Å². The lowest BCUT2D eigenvalue weighted by Crippen LogP contribution is -2.38. The molecule has 0 radical (unpaired) electrons. The Morgan fingerprint density at radius 1 is 1.29 bits per heavy atom. The van der Waals surface area contributed by atoms with Gasteiger partial charge in [0.05, 0.1) is 25.0 Å². The molecule has 0 amide bonds. The SMILES string of the molecule is Cc1csc(C2CN(c3nn4cc(C)nc4s3)CCO2)n1. The van der Waals surface area contributed by atoms with Crippen LogP contribution in [0.15, 0.2) is 11.6 Å². The number of anilines is 1. The van der Waals surface area contributed by atoms with Crippen LogP contribution in [-0.2, 0) is 4.74 Å². The molecule has 110 valence electrons. The van der Waals surface area contributed by atoms with Crippen molar-refractivity contribution >= 4 is 32.8 Å². The van der Waals surface area contributed by atoms with E-state index in [1.807, 2.05) is 24.6 Å². The Bertz CT molecular complexity index is 745. The van der Waals surface area contributed by atoms with Crippen molar-refractivity contribution < 1.29 is 4.74 Å². The molecule has 0 spiro atoms. The fourth-order valence-electron chi connectivity index (χ4n) is 2.42. The molecule has 3 aromatic heterocycles. The predicted molar refractivity (Wildman–Crippen MR) is 83.4 cm³/mol. The summed E-state index contributed by atoms with van der Waals surface area (Å²) in [5.41, 5.74) is 2.05. The Hall–Kier alpha value is -1.51. The van der Waals surface area contributed by atoms with Crippen molar-refractivity contribution in [2.24, 2.45) is 0 Å². The minimum Gasteiger partial charge on any atom is -0.367 e. The molecule has 1 fully saturated rings. The fourth-order valence-corrected chi connectivity index (χ4v) is 4.22. The van der Waals surface area contributed by atoms with Crippen LogP contribution in [-0.4, -0.2) is 39.3 Å². The van der Waals surface area contributed by atoms with Crippen LogP contribution in [0.5, 0.6) is 0 Å². The van der Waals surface area contributed by atoms with Crippen LogP contribution in [0, 0.1) is 13.8 Å². The van der Waals surface area contributed by atoms with Gasteiger partial charge in [0.15, 0.2) is 0 Å². The number of hydrogen-bond donors (Lipinski definition) is 0. The Kier molecular flexibility index (Phi) is 3.16. The van der Waals surface area contributed by atoms with Gasteiger partial charge in [-0.3, -0.25) is 0 Å². The van der Waals surface area contributed by atoms with E-state index in [0.717, 1.165) is 39.6 Å². The molecule has 1 aliphatic rings. The Labute approximate surface area is 130 Å². The van der Waals surface area contributed by atoms with Crippen LogP contribution in [0.25, 0.3) is 4.96 Å². The van der Waals surface area contributed by atoms with Gasteiger partial charge in [-0.25, -0.2) is 14.5 Å². The van der Waals surface area contributed by atoms with Gasteiger partial charge in [0.2, 0.25) is 10.1 Å². The molecule has 1 aliphatic heterocycles. The Morgan fingerprint density at radius 3 is 2.95 bits per heavy atom. The maximum Gasteiger partial charge on any atom is 0.214 e. The van der Waals surface area contributed by atoms with Crippen molar-refractivity contribution in [1.29, 1.82) is 0 Å². The molecule has 1 atom stereocenters. The summed E-state index contributed by atoms with van der Waals surface area (Å²) < 4.78 is 7.72. The summed E-state index contributed by atoms with van der Waals surface area (Å²) in [7, 11) is 0. The highest BCUT2D eigenvalue weighted by Gasteiger charge is 2.26. The highest BCUT2D eigenvalue weighted by molar-refractivity contribution is 7.20. The summed E-state index contributed by atoms with van der Waals surface area (Å²) in [6, 6.07) is 0. The molecule has 3 aromatic rings. The highest BCUT2D eigenvalue weighted by atomic mass is 32.1. The molecule has 1 unspecified atom stereocenters. The summed E-state index contributed by atoms with van der Waals surface area (Å²) >= 11 is 3.29. The van der Waals surface area contributed by atoms with Crippen LogP contribution in [0.2, 0.25) is 0 Å². The third kappa shape index (κ3) is 2.43. The summed E-state index contributed by atoms with van der Waals surface area (Å²) in [5.74, 6) is 0. The molecule has 0 saturated carbocycles. The smallest absolute Gasteiger partial charge is 0.214 e. The van der Waals surface area contributed by atoms with Gasteiger partial charge < -0.3 is 9.64 Å². The molecule has 0 aromatic carbocycles. The first-order valence-electron chi connectivity index (χ1n) is 6.80. The monoisotopic (exact) mass is 321 g/mol. The molecule has 8 heteroatoms. The lowest BCUT2D eigenvalue weighted by molar-refractivity contribution is 0.0395. The number of fused-ring (bicyclic) bond motifs is 1. The van der Waals surface area contributed by atoms with Crippen molar-refractivity contribution in [3.05, 3.63) is 28.0 Å². The molecule has 21 heavy (non-hydrogen) atoms. The van der Waals surface area contributed by atoms with E-state index < -0.39 is 0 Å². The summed E-state index contributed by atoms with van der Waals surface area (Å²) in [6.45, 7) is 6.35. The zero-order chi connectivity index (χ0) is 14.4. The van der Waals surface area contributed by atoms with E-state index in [1.54, 1.807) is 22.7 Å². The second kappa shape index (κ2) is 5.04. The number of aromatic nitrogens is 4. The van der Waals surface area contributed by atoms with Crippen molar-refractivity contribution in [2.75, 3.05) is 24.6 Å². The number of imidazole rings is 1. The highest BCUT2D eigenvalue weighted by Crippen LogP contribution is 2.30. The first-order valence-corrected chi connectivity index (χ1v) is 8.50. The van der Waals surface area contributed by atoms with Crippen molar-refractivity contribution in [2.45, 2.75) is 20.0 Å². The Balaban J connectivity index is 1.58. The van der Waals surface area contributed by atoms with Gasteiger partial charge >= 0.3 is 0 Å². The summed E-state index contributed by atoms with van der Waals surface area (Å²) in [6.07, 6.45) is 1.99. The first kappa shape index (κ1) is 13.2. The number of hydrogen-bond acceptors (Lipinski definition) is 7. The molecule has 1 saturated heterocycles. The van der Waals surface area contributed by atoms with E-state index in [9.17, 15) is 0 Å². The van der Waals surface area contributed by atoms with Crippen LogP contribution >= 0.6 is 22.7 Å². The van der Waals surface area contributed by atoms with Gasteiger partial charge in [0, 0.05) is 17.6 Å². The molecule has 0 aliphatic carbocycles. The van der Waals surface area contributed by atoms with Gasteiger partial charge in [-0.2, -0.15) is 0 Å². The van der Waals surface area contributed by atoms with E-state index in [1.165, 1.54) is 0 Å². The normalized spacial score (nSPS) is 19.5. The third-order valence-corrected chi connectivity index (χ3v) is 5.44. The first-order chi connectivity index (χ1) is 10.2. The van der Waals surface area contributed by atoms with Crippen molar-refractivity contribution in [3.63, 3.8) is 0 Å². The van der Waals surface area contributed by atoms with Crippen LogP contribution in [0.1, 0.15) is 22.5 Å². The molecule has 4 rings (SSSR count). The number of ether oxygens (including phenoxy) is 1. The minimum absolute atomic E-state index is 0.0374. The van der Waals surface area contributed by atoms with E-state index >= 15 is 0 Å². The van der Waals surface area contributed by atoms with Gasteiger partial charge in [0.25, 0.3) is 0 Å². The second-order valence-corrected chi connectivity index (χ2v) is 6.95. The van der Waals surface area contributed by atoms with Crippen LogP contribution in [0.4, 0.5) is 5.13 Å². The lowest BCUT2D eigenvalue weighted by Gasteiger charge is -2.31. The fraction of sp³-hybridized carbons (Fsp3) is 0.462. The van der Waals surface area contributed by atoms with Crippen LogP contribution in [0.3, 0.4) is 0 Å². The molecule has 6 nitrogen and oxygen atoms in total. The van der Waals surface area contributed by atoms with Gasteiger partial charge in [-0.05, 0) is 13.8 Å². The minimum atomic E-state index is 0.0374. The molecule has 4 heterocycles. The Morgan fingerprint density at radius 2 is 2.19 bits per heavy atom. The topological polar surface area (TPSA) is 55.6 Å². The number of aryl methyl sites for hydroxylation is 2. The molecular weight excluding hydrogens is 306 g/mol. The van der Waals surface area contributed by atoms with Gasteiger partial charge in [0.1, 0.15) is 11.1 Å². The molecule has 0 bridgehead atoms. The maximum atomic E-state index is 5.86. The van der Waals surface area contributed by atoms with Crippen molar-refractivity contribution in [3.8, 4) is 0 Å². The second-order valence-electron chi connectivity index (χ2n) is 5.13. The predicted octanol–water partition coefficient (Wildman–Crippen LogP) is 2.44. The molecular formula is C13H15N5OS2. The maximum absolute atomic E-state index is 5.86. The average molecular weight is 321 g/mol. The number of morpholine rings is 1. The lowest BCUT2D eigenvalue weighted by atomic mass is 10.3. The standard InChI is InChI=1S/C13H15N5OS2/c1-8-5-18-12(15-8)21-13(16-18)17-3-4-19-10(6-17)11-14-9(2)7-20-11/h5,7,10H,3-4,6H2,1-2H3. The zero-order valence-electron chi connectivity index (χ0n) is 11.8. The third-order valence-electron chi connectivity index (χ3n) is 3.40. The van der Waals surface area contributed by atoms with Crippen LogP contribution < -0.4 is 4.90 Å². The number of thiazole rings is 1. The number of nitrogens with zero attached hydrogens (tertiary/aromatic N) is 5. The quantitative estimate of drug-likeness (QED) is 0.725. The van der Waals surface area contributed by atoms with E-state index in [4.69, 9.17) is 4.74 Å². The van der Waals surface area contributed by atoms with E-state index in [-0.39, 0.29) is 6.10 Å². The van der Waals surface area contributed by atoms with Gasteiger partial charge in [-0.1, -0.05) is 11.3 Å². The van der Waals surface area contributed by atoms with E-state index in [2.05, 4.69) is 25.3 Å². The molecule has 0 N–H and O–H groups in total. The summed E-state index contributed by atoms with van der Waals surface area (Å²) in [5, 5.41) is 8.73. The van der Waals surface area contributed by atoms with Crippen molar-refractivity contribution in [1.82, 2.24) is 19.6 Å². The zero-order valence-corrected chi connectivity index (χ0v) is 13.4. The van der Waals surface area contributed by atoms with E-state index in [0.29, 0.717) is 6.61 Å². The average Bonchev–Trinajstić information content (AvgIpc) is 3.13. The number of rotatable bonds is 2. The summed E-state index contributed by atoms with van der Waals surface area (Å²) in [4.78, 5) is 12.2. The largest absolute Gasteiger partial charge is 0.367 e.